The molecule has 1 fully saturated rings. The Balaban J connectivity index is 1.69. The molecule has 26 heavy (non-hydrogen) atoms. The molecule has 0 saturated heterocycles. The van der Waals surface area contributed by atoms with Crippen LogP contribution >= 0.6 is 11.3 Å². The lowest BCUT2D eigenvalue weighted by molar-refractivity contribution is -0.274. The quantitative estimate of drug-likeness (QED) is 0.794. The maximum Gasteiger partial charge on any atom is 0.573 e. The molecule has 1 heterocycles. The van der Waals surface area contributed by atoms with E-state index in [1.165, 1.54) is 12.1 Å². The zero-order chi connectivity index (χ0) is 18.9. The van der Waals surface area contributed by atoms with Gasteiger partial charge in [0.1, 0.15) is 5.75 Å². The highest BCUT2D eigenvalue weighted by atomic mass is 32.1. The largest absolute Gasteiger partial charge is 0.573 e. The summed E-state index contributed by atoms with van der Waals surface area (Å²) in [4.78, 5) is 24.6. The van der Waals surface area contributed by atoms with E-state index in [0.29, 0.717) is 15.4 Å². The minimum Gasteiger partial charge on any atom is -0.406 e. The third-order valence-electron chi connectivity index (χ3n) is 3.64. The first kappa shape index (κ1) is 18.2. The summed E-state index contributed by atoms with van der Waals surface area (Å²) in [6.07, 6.45) is -3.05. The Kier molecular flexibility index (Phi) is 4.90. The van der Waals surface area contributed by atoms with Gasteiger partial charge in [-0.25, -0.2) is 0 Å². The maximum absolute atomic E-state index is 12.4. The van der Waals surface area contributed by atoms with Crippen LogP contribution in [0.1, 0.15) is 28.1 Å². The molecule has 138 valence electrons. The number of amides is 2. The Morgan fingerprint density at radius 3 is 2.58 bits per heavy atom. The van der Waals surface area contributed by atoms with Crippen molar-refractivity contribution in [2.24, 2.45) is 5.92 Å². The monoisotopic (exact) mass is 384 g/mol. The zero-order valence-electron chi connectivity index (χ0n) is 13.6. The minimum atomic E-state index is -4.80. The molecule has 3 rings (SSSR count). The van der Waals surface area contributed by atoms with E-state index in [-0.39, 0.29) is 17.5 Å². The molecule has 1 aliphatic rings. The molecular weight excluding hydrogens is 369 g/mol. The molecule has 2 N–H and O–H groups in total. The topological polar surface area (TPSA) is 67.4 Å². The van der Waals surface area contributed by atoms with Crippen LogP contribution in [0.15, 0.2) is 30.3 Å². The fourth-order valence-electron chi connectivity index (χ4n) is 2.30. The number of nitrogens with one attached hydrogen (secondary N) is 2. The molecule has 0 radical (unpaired) electrons. The molecule has 0 atom stereocenters. The predicted octanol–water partition coefficient (Wildman–Crippen LogP) is 4.56. The standard InChI is InChI=1S/C17H15F3N2O3S/c1-9-7-13(22-15(23)10-5-6-10)26-14(9)16(24)21-11-3-2-4-12(8-11)25-17(18,19)20/h2-4,7-8,10H,5-6H2,1H3,(H,21,24)(H,22,23). The molecule has 1 saturated carbocycles. The van der Waals surface area contributed by atoms with Gasteiger partial charge in [0.05, 0.1) is 9.88 Å². The molecule has 5 nitrogen and oxygen atoms in total. The number of alkyl halides is 3. The van der Waals surface area contributed by atoms with E-state index in [4.69, 9.17) is 0 Å². The summed E-state index contributed by atoms with van der Waals surface area (Å²) >= 11 is 1.12. The fourth-order valence-corrected chi connectivity index (χ4v) is 3.27. The number of carbonyl (C=O) groups excluding carboxylic acids is 2. The molecule has 0 spiro atoms. The Labute approximate surface area is 151 Å². The van der Waals surface area contributed by atoms with Gasteiger partial charge in [0.15, 0.2) is 0 Å². The molecule has 1 aromatic carbocycles. The lowest BCUT2D eigenvalue weighted by atomic mass is 10.2. The number of hydrogen-bond acceptors (Lipinski definition) is 4. The molecule has 0 unspecified atom stereocenters. The van der Waals surface area contributed by atoms with E-state index >= 15 is 0 Å². The molecule has 1 aromatic heterocycles. The van der Waals surface area contributed by atoms with Gasteiger partial charge in [-0.3, -0.25) is 9.59 Å². The van der Waals surface area contributed by atoms with Crippen molar-refractivity contribution in [3.8, 4) is 5.75 Å². The molecular formula is C17H15F3N2O3S. The summed E-state index contributed by atoms with van der Waals surface area (Å²) in [7, 11) is 0. The lowest BCUT2D eigenvalue weighted by Crippen LogP contribution is -2.17. The number of halogens is 3. The smallest absolute Gasteiger partial charge is 0.406 e. The van der Waals surface area contributed by atoms with Crippen molar-refractivity contribution >= 4 is 33.8 Å². The first-order valence-corrected chi connectivity index (χ1v) is 8.61. The second-order valence-electron chi connectivity index (χ2n) is 5.92. The summed E-state index contributed by atoms with van der Waals surface area (Å²) in [5.41, 5.74) is 0.842. The van der Waals surface area contributed by atoms with Crippen LogP contribution < -0.4 is 15.4 Å². The van der Waals surface area contributed by atoms with Crippen LogP contribution in [0, 0.1) is 12.8 Å². The number of aryl methyl sites for hydroxylation is 1. The molecule has 1 aliphatic carbocycles. The van der Waals surface area contributed by atoms with Gasteiger partial charge in [-0.2, -0.15) is 0 Å². The number of thiophene rings is 1. The molecule has 9 heteroatoms. The Hall–Kier alpha value is -2.55. The van der Waals surface area contributed by atoms with E-state index in [0.717, 1.165) is 36.3 Å². The van der Waals surface area contributed by atoms with E-state index in [2.05, 4.69) is 15.4 Å². The number of anilines is 2. The normalized spacial score (nSPS) is 14.0. The predicted molar refractivity (Wildman–Crippen MR) is 91.5 cm³/mol. The van der Waals surface area contributed by atoms with Gasteiger partial charge in [-0.15, -0.1) is 24.5 Å². The van der Waals surface area contributed by atoms with Gasteiger partial charge in [-0.05, 0) is 43.5 Å². The summed E-state index contributed by atoms with van der Waals surface area (Å²) in [6.45, 7) is 1.72. The second kappa shape index (κ2) is 6.99. The molecule has 0 bridgehead atoms. The summed E-state index contributed by atoms with van der Waals surface area (Å²) in [6, 6.07) is 6.73. The number of ether oxygens (including phenoxy) is 1. The Morgan fingerprint density at radius 1 is 1.19 bits per heavy atom. The Bertz CT molecular complexity index is 844. The first-order chi connectivity index (χ1) is 12.2. The summed E-state index contributed by atoms with van der Waals surface area (Å²) < 4.78 is 40.7. The van der Waals surface area contributed by atoms with Crippen molar-refractivity contribution in [1.29, 1.82) is 0 Å². The SMILES string of the molecule is Cc1cc(NC(=O)C2CC2)sc1C(=O)Nc1cccc(OC(F)(F)F)c1. The van der Waals surface area contributed by atoms with Crippen LogP contribution in [0.4, 0.5) is 23.9 Å². The fraction of sp³-hybridized carbons (Fsp3) is 0.294. The van der Waals surface area contributed by atoms with Gasteiger partial charge in [0.2, 0.25) is 5.91 Å². The van der Waals surface area contributed by atoms with Crippen molar-refractivity contribution < 1.29 is 27.5 Å². The number of hydrogen-bond donors (Lipinski definition) is 2. The van der Waals surface area contributed by atoms with Crippen LogP contribution in [0.3, 0.4) is 0 Å². The van der Waals surface area contributed by atoms with Crippen molar-refractivity contribution in [3.63, 3.8) is 0 Å². The highest BCUT2D eigenvalue weighted by Crippen LogP contribution is 2.33. The molecule has 2 amide bonds. The highest BCUT2D eigenvalue weighted by molar-refractivity contribution is 7.18. The highest BCUT2D eigenvalue weighted by Gasteiger charge is 2.31. The first-order valence-electron chi connectivity index (χ1n) is 7.80. The van der Waals surface area contributed by atoms with Gasteiger partial charge < -0.3 is 15.4 Å². The van der Waals surface area contributed by atoms with Crippen LogP contribution in [0.2, 0.25) is 0 Å². The van der Waals surface area contributed by atoms with Crippen LogP contribution in [-0.4, -0.2) is 18.2 Å². The van der Waals surface area contributed by atoms with Gasteiger partial charge in [0.25, 0.3) is 5.91 Å². The number of benzene rings is 1. The van der Waals surface area contributed by atoms with Gasteiger partial charge in [0, 0.05) is 17.7 Å². The van der Waals surface area contributed by atoms with Crippen LogP contribution in [0.25, 0.3) is 0 Å². The average molecular weight is 384 g/mol. The third-order valence-corrected chi connectivity index (χ3v) is 4.80. The maximum atomic E-state index is 12.4. The van der Waals surface area contributed by atoms with E-state index in [1.54, 1.807) is 13.0 Å². The van der Waals surface area contributed by atoms with Crippen molar-refractivity contribution in [1.82, 2.24) is 0 Å². The van der Waals surface area contributed by atoms with Crippen molar-refractivity contribution in [2.75, 3.05) is 10.6 Å². The van der Waals surface area contributed by atoms with Crippen molar-refractivity contribution in [3.05, 3.63) is 40.8 Å². The minimum absolute atomic E-state index is 0.0473. The average Bonchev–Trinajstić information content (AvgIpc) is 3.30. The summed E-state index contributed by atoms with van der Waals surface area (Å²) in [5, 5.41) is 5.88. The van der Waals surface area contributed by atoms with Gasteiger partial charge in [-0.1, -0.05) is 6.07 Å². The summed E-state index contributed by atoms with van der Waals surface area (Å²) in [5.74, 6) is -0.902. The molecule has 2 aromatic rings. The second-order valence-corrected chi connectivity index (χ2v) is 6.97. The van der Waals surface area contributed by atoms with E-state index in [9.17, 15) is 22.8 Å². The van der Waals surface area contributed by atoms with Crippen molar-refractivity contribution in [2.45, 2.75) is 26.1 Å². The third kappa shape index (κ3) is 4.75. The van der Waals surface area contributed by atoms with Gasteiger partial charge >= 0.3 is 6.36 Å². The van der Waals surface area contributed by atoms with E-state index in [1.807, 2.05) is 0 Å². The number of carbonyl (C=O) groups is 2. The van der Waals surface area contributed by atoms with Crippen LogP contribution in [0.5, 0.6) is 5.75 Å². The Morgan fingerprint density at radius 2 is 1.92 bits per heavy atom. The van der Waals surface area contributed by atoms with Crippen LogP contribution in [-0.2, 0) is 4.79 Å². The molecule has 0 aliphatic heterocycles. The zero-order valence-corrected chi connectivity index (χ0v) is 14.5. The number of rotatable bonds is 5. The lowest BCUT2D eigenvalue weighted by Gasteiger charge is -2.10. The van der Waals surface area contributed by atoms with E-state index < -0.39 is 18.0 Å².